The van der Waals surface area contributed by atoms with Gasteiger partial charge in [0.2, 0.25) is 0 Å². The van der Waals surface area contributed by atoms with Crippen LogP contribution in [-0.4, -0.2) is 30.1 Å². The Hall–Kier alpha value is -1.88. The monoisotopic (exact) mass is 307 g/mol. The number of ether oxygens (including phenoxy) is 1. The van der Waals surface area contributed by atoms with E-state index in [-0.39, 0.29) is 11.3 Å². The summed E-state index contributed by atoms with van der Waals surface area (Å²) in [5, 5.41) is 11.9. The van der Waals surface area contributed by atoms with Gasteiger partial charge in [0.1, 0.15) is 6.04 Å². The molecular formula is C17H25NO4. The fourth-order valence-electron chi connectivity index (χ4n) is 2.05. The summed E-state index contributed by atoms with van der Waals surface area (Å²) in [5.41, 5.74) is 1.34. The van der Waals surface area contributed by atoms with E-state index < -0.39 is 12.0 Å². The molecule has 2 N–H and O–H groups in total. The molecule has 0 saturated heterocycles. The normalized spacial score (nSPS) is 12.7. The molecular weight excluding hydrogens is 282 g/mol. The van der Waals surface area contributed by atoms with Crippen molar-refractivity contribution in [3.8, 4) is 0 Å². The molecule has 0 fully saturated rings. The quantitative estimate of drug-likeness (QED) is 0.812. The smallest absolute Gasteiger partial charge is 0.326 e. The average molecular weight is 307 g/mol. The summed E-state index contributed by atoms with van der Waals surface area (Å²) in [5.74, 6) is -1.38. The number of benzene rings is 1. The van der Waals surface area contributed by atoms with Gasteiger partial charge in [-0.15, -0.1) is 0 Å². The van der Waals surface area contributed by atoms with Crippen molar-refractivity contribution < 1.29 is 19.4 Å². The van der Waals surface area contributed by atoms with E-state index in [2.05, 4.69) is 5.32 Å². The van der Waals surface area contributed by atoms with Gasteiger partial charge in [-0.2, -0.15) is 0 Å². The third-order valence-corrected chi connectivity index (χ3v) is 3.29. The number of nitrogens with one attached hydrogen (secondary N) is 1. The number of hydrogen-bond donors (Lipinski definition) is 2. The first kappa shape index (κ1) is 18.2. The lowest BCUT2D eigenvalue weighted by Gasteiger charge is -2.21. The number of amides is 1. The standard InChI is InChI=1S/C17H25NO4/c1-17(2,3)9-8-14(16(20)21)18-15(19)13-7-5-6-12(10-13)11-22-4/h5-7,10,14H,8-9,11H2,1-4H3,(H,18,19)(H,20,21). The Morgan fingerprint density at radius 1 is 1.32 bits per heavy atom. The second-order valence-electron chi connectivity index (χ2n) is 6.60. The first-order chi connectivity index (χ1) is 10.2. The van der Waals surface area contributed by atoms with Crippen LogP contribution in [0.15, 0.2) is 24.3 Å². The summed E-state index contributed by atoms with van der Waals surface area (Å²) in [6.45, 7) is 6.54. The van der Waals surface area contributed by atoms with Crippen LogP contribution in [0.5, 0.6) is 0 Å². The molecule has 5 heteroatoms. The van der Waals surface area contributed by atoms with E-state index in [1.54, 1.807) is 25.3 Å². The van der Waals surface area contributed by atoms with Crippen LogP contribution in [0.25, 0.3) is 0 Å². The van der Waals surface area contributed by atoms with Crippen molar-refractivity contribution in [2.45, 2.75) is 46.3 Å². The maximum Gasteiger partial charge on any atom is 0.326 e. The molecule has 0 radical (unpaired) electrons. The van der Waals surface area contributed by atoms with E-state index in [0.29, 0.717) is 25.0 Å². The lowest BCUT2D eigenvalue weighted by Crippen LogP contribution is -2.41. The SMILES string of the molecule is COCc1cccc(C(=O)NC(CCC(C)(C)C)C(=O)O)c1. The van der Waals surface area contributed by atoms with Gasteiger partial charge in [0.15, 0.2) is 0 Å². The molecule has 0 aliphatic carbocycles. The van der Waals surface area contributed by atoms with Crippen LogP contribution in [0.1, 0.15) is 49.5 Å². The van der Waals surface area contributed by atoms with E-state index in [4.69, 9.17) is 4.74 Å². The average Bonchev–Trinajstić information content (AvgIpc) is 2.42. The number of aliphatic carboxylic acids is 1. The Morgan fingerprint density at radius 3 is 2.55 bits per heavy atom. The first-order valence-electron chi connectivity index (χ1n) is 7.34. The van der Waals surface area contributed by atoms with Gasteiger partial charge in [-0.3, -0.25) is 4.79 Å². The molecule has 1 aromatic carbocycles. The molecule has 0 heterocycles. The highest BCUT2D eigenvalue weighted by Crippen LogP contribution is 2.21. The summed E-state index contributed by atoms with van der Waals surface area (Å²) in [6, 6.07) is 6.11. The molecule has 22 heavy (non-hydrogen) atoms. The summed E-state index contributed by atoms with van der Waals surface area (Å²) in [7, 11) is 1.58. The Labute approximate surface area is 131 Å². The van der Waals surface area contributed by atoms with Crippen molar-refractivity contribution in [3.05, 3.63) is 35.4 Å². The van der Waals surface area contributed by atoms with E-state index in [9.17, 15) is 14.7 Å². The highest BCUT2D eigenvalue weighted by atomic mass is 16.5. The minimum Gasteiger partial charge on any atom is -0.480 e. The third-order valence-electron chi connectivity index (χ3n) is 3.29. The molecule has 1 unspecified atom stereocenters. The molecule has 5 nitrogen and oxygen atoms in total. The van der Waals surface area contributed by atoms with Crippen LogP contribution < -0.4 is 5.32 Å². The Morgan fingerprint density at radius 2 is 2.00 bits per heavy atom. The van der Waals surface area contributed by atoms with E-state index in [1.807, 2.05) is 26.8 Å². The van der Waals surface area contributed by atoms with Crippen LogP contribution in [0.2, 0.25) is 0 Å². The second kappa shape index (κ2) is 7.94. The minimum absolute atomic E-state index is 0.0246. The molecule has 1 aromatic rings. The van der Waals surface area contributed by atoms with Gasteiger partial charge in [0.05, 0.1) is 6.61 Å². The molecule has 1 amide bonds. The fourth-order valence-corrected chi connectivity index (χ4v) is 2.05. The van der Waals surface area contributed by atoms with Gasteiger partial charge in [0.25, 0.3) is 5.91 Å². The van der Waals surface area contributed by atoms with Crippen molar-refractivity contribution >= 4 is 11.9 Å². The fraction of sp³-hybridized carbons (Fsp3) is 0.529. The van der Waals surface area contributed by atoms with Gasteiger partial charge >= 0.3 is 5.97 Å². The highest BCUT2D eigenvalue weighted by Gasteiger charge is 2.23. The van der Waals surface area contributed by atoms with Gasteiger partial charge in [-0.05, 0) is 36.0 Å². The van der Waals surface area contributed by atoms with Crippen LogP contribution in [-0.2, 0) is 16.1 Å². The molecule has 122 valence electrons. The van der Waals surface area contributed by atoms with Crippen LogP contribution in [0.3, 0.4) is 0 Å². The Balaban J connectivity index is 2.74. The van der Waals surface area contributed by atoms with Crippen LogP contribution >= 0.6 is 0 Å². The first-order valence-corrected chi connectivity index (χ1v) is 7.34. The molecule has 1 atom stereocenters. The lowest BCUT2D eigenvalue weighted by molar-refractivity contribution is -0.139. The predicted molar refractivity (Wildman–Crippen MR) is 84.7 cm³/mol. The molecule has 0 aliphatic rings. The van der Waals surface area contributed by atoms with Crippen molar-refractivity contribution in [1.82, 2.24) is 5.32 Å². The van der Waals surface area contributed by atoms with Crippen molar-refractivity contribution in [2.24, 2.45) is 5.41 Å². The van der Waals surface area contributed by atoms with Gasteiger partial charge in [0, 0.05) is 12.7 Å². The molecule has 0 aliphatic heterocycles. The molecule has 0 spiro atoms. The molecule has 1 rings (SSSR count). The van der Waals surface area contributed by atoms with E-state index >= 15 is 0 Å². The summed E-state index contributed by atoms with van der Waals surface area (Å²) in [4.78, 5) is 23.5. The summed E-state index contributed by atoms with van der Waals surface area (Å²) < 4.78 is 5.03. The topological polar surface area (TPSA) is 75.6 Å². The maximum atomic E-state index is 12.2. The largest absolute Gasteiger partial charge is 0.480 e. The van der Waals surface area contributed by atoms with Gasteiger partial charge in [-0.25, -0.2) is 4.79 Å². The number of hydrogen-bond acceptors (Lipinski definition) is 3. The minimum atomic E-state index is -1.01. The number of carboxylic acids is 1. The van der Waals surface area contributed by atoms with E-state index in [1.165, 1.54) is 0 Å². The number of carboxylic acid groups (broad SMARTS) is 1. The Kier molecular flexibility index (Phi) is 6.56. The zero-order valence-corrected chi connectivity index (χ0v) is 13.7. The Bertz CT molecular complexity index is 520. The molecule has 0 saturated carbocycles. The zero-order chi connectivity index (χ0) is 16.8. The van der Waals surface area contributed by atoms with Gasteiger partial charge < -0.3 is 15.2 Å². The highest BCUT2D eigenvalue weighted by molar-refractivity contribution is 5.96. The lowest BCUT2D eigenvalue weighted by atomic mass is 9.88. The van der Waals surface area contributed by atoms with Crippen molar-refractivity contribution in [3.63, 3.8) is 0 Å². The zero-order valence-electron chi connectivity index (χ0n) is 13.7. The van der Waals surface area contributed by atoms with Crippen molar-refractivity contribution in [1.29, 1.82) is 0 Å². The summed E-state index contributed by atoms with van der Waals surface area (Å²) >= 11 is 0. The van der Waals surface area contributed by atoms with Gasteiger partial charge in [-0.1, -0.05) is 32.9 Å². The summed E-state index contributed by atoms with van der Waals surface area (Å²) in [6.07, 6.45) is 1.12. The number of rotatable bonds is 7. The molecule has 0 bridgehead atoms. The molecule has 0 aromatic heterocycles. The number of carbonyl (C=O) groups excluding carboxylic acids is 1. The second-order valence-corrected chi connectivity index (χ2v) is 6.60. The maximum absolute atomic E-state index is 12.2. The van der Waals surface area contributed by atoms with Crippen LogP contribution in [0.4, 0.5) is 0 Å². The van der Waals surface area contributed by atoms with E-state index in [0.717, 1.165) is 5.56 Å². The van der Waals surface area contributed by atoms with Crippen LogP contribution in [0, 0.1) is 5.41 Å². The number of methoxy groups -OCH3 is 1. The van der Waals surface area contributed by atoms with Crippen molar-refractivity contribution in [2.75, 3.05) is 7.11 Å². The third kappa shape index (κ3) is 6.26. The number of carbonyl (C=O) groups is 2. The predicted octanol–water partition coefficient (Wildman–Crippen LogP) is 2.84.